The van der Waals surface area contributed by atoms with Gasteiger partial charge >= 0.3 is 0 Å². The fraction of sp³-hybridized carbons (Fsp3) is 0.697. The summed E-state index contributed by atoms with van der Waals surface area (Å²) in [6.45, 7) is 6.61. The third kappa shape index (κ3) is 5.01. The van der Waals surface area contributed by atoms with E-state index in [0.717, 1.165) is 82.4 Å². The molecule has 2 saturated carbocycles. The summed E-state index contributed by atoms with van der Waals surface area (Å²) >= 11 is 0. The van der Waals surface area contributed by atoms with Crippen LogP contribution in [-0.4, -0.2) is 82.7 Å². The summed E-state index contributed by atoms with van der Waals surface area (Å²) in [6.07, 6.45) is 10.9. The van der Waals surface area contributed by atoms with Crippen LogP contribution in [0, 0.1) is 17.3 Å². The molecule has 5 fully saturated rings. The highest BCUT2D eigenvalue weighted by Gasteiger charge is 2.45. The van der Waals surface area contributed by atoms with Crippen LogP contribution < -0.4 is 10.1 Å². The quantitative estimate of drug-likeness (QED) is 0.521. The maximum Gasteiger partial charge on any atom is 0.255 e. The molecule has 3 saturated heterocycles. The number of ether oxygens (including phenoxy) is 1. The number of likely N-dealkylation sites (tertiary alicyclic amines) is 2. The van der Waals surface area contributed by atoms with E-state index in [4.69, 9.17) is 4.74 Å². The van der Waals surface area contributed by atoms with E-state index in [1.807, 2.05) is 18.2 Å². The van der Waals surface area contributed by atoms with Crippen LogP contribution in [0.3, 0.4) is 0 Å². The normalized spacial score (nSPS) is 30.4. The van der Waals surface area contributed by atoms with Gasteiger partial charge in [-0.2, -0.15) is 0 Å². The highest BCUT2D eigenvalue weighted by molar-refractivity contribution is 6.05. The van der Waals surface area contributed by atoms with Crippen LogP contribution in [0.2, 0.25) is 0 Å². The van der Waals surface area contributed by atoms with E-state index in [1.54, 1.807) is 4.90 Å². The van der Waals surface area contributed by atoms with Gasteiger partial charge in [-0.25, -0.2) is 0 Å². The number of hydrogen-bond acceptors (Lipinski definition) is 6. The van der Waals surface area contributed by atoms with Gasteiger partial charge in [-0.3, -0.25) is 29.4 Å². The maximum atomic E-state index is 13.1. The van der Waals surface area contributed by atoms with Crippen LogP contribution in [-0.2, 0) is 20.9 Å². The molecule has 9 nitrogen and oxygen atoms in total. The van der Waals surface area contributed by atoms with Crippen molar-refractivity contribution in [3.8, 4) is 5.75 Å². The van der Waals surface area contributed by atoms with E-state index < -0.39 is 6.04 Å². The van der Waals surface area contributed by atoms with Crippen molar-refractivity contribution < 1.29 is 23.9 Å². The summed E-state index contributed by atoms with van der Waals surface area (Å²) in [5.41, 5.74) is 1.42. The number of carbonyl (C=O) groups excluding carboxylic acids is 4. The first-order chi connectivity index (χ1) is 20.3. The summed E-state index contributed by atoms with van der Waals surface area (Å²) in [7, 11) is 0. The Balaban J connectivity index is 0.932. The lowest BCUT2D eigenvalue weighted by atomic mass is 9.69. The number of fused-ring (bicyclic) bond motifs is 1. The van der Waals surface area contributed by atoms with E-state index in [0.29, 0.717) is 42.3 Å². The third-order valence-corrected chi connectivity index (χ3v) is 11.3. The first kappa shape index (κ1) is 27.9. The predicted molar refractivity (Wildman–Crippen MR) is 155 cm³/mol. The third-order valence-electron chi connectivity index (χ3n) is 11.3. The fourth-order valence-electron chi connectivity index (χ4n) is 8.43. The molecular formula is C33H44N4O5. The zero-order chi connectivity index (χ0) is 29.0. The molecule has 0 radical (unpaired) electrons. The Morgan fingerprint density at radius 1 is 0.952 bits per heavy atom. The van der Waals surface area contributed by atoms with Crippen molar-refractivity contribution in [1.29, 1.82) is 0 Å². The van der Waals surface area contributed by atoms with Crippen molar-refractivity contribution in [3.05, 3.63) is 29.3 Å². The minimum atomic E-state index is -0.604. The Hall–Kier alpha value is -2.94. The summed E-state index contributed by atoms with van der Waals surface area (Å²) < 4.78 is 6.63. The van der Waals surface area contributed by atoms with E-state index in [1.165, 1.54) is 12.8 Å². The molecule has 4 heterocycles. The topological polar surface area (TPSA) is 99.3 Å². The van der Waals surface area contributed by atoms with Crippen LogP contribution in [0.25, 0.3) is 0 Å². The lowest BCUT2D eigenvalue weighted by Crippen LogP contribution is -2.60. The number of piperidine rings is 2. The van der Waals surface area contributed by atoms with Gasteiger partial charge in [-0.05, 0) is 87.0 Å². The standard InChI is InChI=1S/C33H44N4O5/c1-33(13-4-14-33)32(41)35-15-11-21(12-16-35)23-18-36(19-23)26-5-2-3-6-28(26)42-24-7-8-25-22(17-24)20-37(31(25)40)27-9-10-29(38)34-30(27)39/h7-8,17,21,23,26-28H,2-6,9-16,18-20H2,1H3,(H,34,38,39)/t26-,27?,28-/m0/s1. The molecule has 1 aromatic carbocycles. The molecule has 4 amide bonds. The van der Waals surface area contributed by atoms with Gasteiger partial charge < -0.3 is 14.5 Å². The molecule has 4 aliphatic heterocycles. The van der Waals surface area contributed by atoms with Gasteiger partial charge in [0.05, 0.1) is 0 Å². The number of rotatable bonds is 6. The highest BCUT2D eigenvalue weighted by Crippen LogP contribution is 2.43. The molecule has 6 aliphatic rings. The van der Waals surface area contributed by atoms with E-state index in [9.17, 15) is 19.2 Å². The smallest absolute Gasteiger partial charge is 0.255 e. The van der Waals surface area contributed by atoms with Crippen LogP contribution in [0.15, 0.2) is 18.2 Å². The number of hydrogen-bond donors (Lipinski definition) is 1. The molecule has 7 rings (SSSR count). The van der Waals surface area contributed by atoms with Crippen LogP contribution in [0.5, 0.6) is 5.75 Å². The van der Waals surface area contributed by atoms with E-state index in [2.05, 4.69) is 22.0 Å². The molecular weight excluding hydrogens is 532 g/mol. The Morgan fingerprint density at radius 2 is 1.71 bits per heavy atom. The van der Waals surface area contributed by atoms with E-state index in [-0.39, 0.29) is 35.7 Å². The maximum absolute atomic E-state index is 13.1. The van der Waals surface area contributed by atoms with Crippen LogP contribution in [0.1, 0.15) is 93.5 Å². The second kappa shape index (κ2) is 11.0. The van der Waals surface area contributed by atoms with Crippen molar-refractivity contribution >= 4 is 23.6 Å². The van der Waals surface area contributed by atoms with Gasteiger partial charge in [0.25, 0.3) is 5.91 Å². The number of imide groups is 1. The molecule has 9 heteroatoms. The summed E-state index contributed by atoms with van der Waals surface area (Å²) in [5.74, 6) is 1.80. The first-order valence-electron chi connectivity index (χ1n) is 16.3. The van der Waals surface area contributed by atoms with Crippen molar-refractivity contribution in [2.24, 2.45) is 17.3 Å². The largest absolute Gasteiger partial charge is 0.489 e. The summed E-state index contributed by atoms with van der Waals surface area (Å²) in [6, 6.07) is 5.51. The zero-order valence-electron chi connectivity index (χ0n) is 24.8. The number of amides is 4. The van der Waals surface area contributed by atoms with Crippen LogP contribution >= 0.6 is 0 Å². The van der Waals surface area contributed by atoms with Gasteiger partial charge in [0.1, 0.15) is 17.9 Å². The molecule has 1 unspecified atom stereocenters. The monoisotopic (exact) mass is 576 g/mol. The lowest BCUT2D eigenvalue weighted by molar-refractivity contribution is -0.148. The second-order valence-electron chi connectivity index (χ2n) is 14.0. The van der Waals surface area contributed by atoms with Crippen molar-refractivity contribution in [3.63, 3.8) is 0 Å². The number of benzene rings is 1. The molecule has 1 aromatic rings. The van der Waals surface area contributed by atoms with Gasteiger partial charge in [0.15, 0.2) is 0 Å². The summed E-state index contributed by atoms with van der Waals surface area (Å²) in [4.78, 5) is 56.4. The SMILES string of the molecule is CC1(C(=O)N2CCC(C3CN([C@H]4CCCC[C@@H]4Oc4ccc5c(c4)CN(C4CCC(=O)NC4=O)C5=O)C3)CC2)CCC1. The van der Waals surface area contributed by atoms with Crippen molar-refractivity contribution in [1.82, 2.24) is 20.0 Å². The fourth-order valence-corrected chi connectivity index (χ4v) is 8.43. The van der Waals surface area contributed by atoms with Crippen LogP contribution in [0.4, 0.5) is 0 Å². The van der Waals surface area contributed by atoms with Gasteiger partial charge in [-0.1, -0.05) is 19.8 Å². The van der Waals surface area contributed by atoms with Gasteiger partial charge in [0, 0.05) is 56.2 Å². The lowest BCUT2D eigenvalue weighted by Gasteiger charge is -2.52. The Morgan fingerprint density at radius 3 is 2.43 bits per heavy atom. The molecule has 226 valence electrons. The zero-order valence-corrected chi connectivity index (χ0v) is 24.8. The number of carbonyl (C=O) groups is 4. The molecule has 2 aliphatic carbocycles. The van der Waals surface area contributed by atoms with Gasteiger partial charge in [-0.15, -0.1) is 0 Å². The molecule has 0 aromatic heterocycles. The average molecular weight is 577 g/mol. The predicted octanol–water partition coefficient (Wildman–Crippen LogP) is 3.50. The van der Waals surface area contributed by atoms with E-state index >= 15 is 0 Å². The van der Waals surface area contributed by atoms with Crippen molar-refractivity contribution in [2.75, 3.05) is 26.2 Å². The minimum Gasteiger partial charge on any atom is -0.489 e. The molecule has 0 bridgehead atoms. The molecule has 0 spiro atoms. The number of nitrogens with one attached hydrogen (secondary N) is 1. The van der Waals surface area contributed by atoms with Gasteiger partial charge in [0.2, 0.25) is 17.7 Å². The highest BCUT2D eigenvalue weighted by atomic mass is 16.5. The van der Waals surface area contributed by atoms with Crippen molar-refractivity contribution in [2.45, 2.75) is 102 Å². The Labute approximate surface area is 248 Å². The molecule has 3 atom stereocenters. The minimum absolute atomic E-state index is 0.0859. The first-order valence-corrected chi connectivity index (χ1v) is 16.3. The second-order valence-corrected chi connectivity index (χ2v) is 14.0. The number of nitrogens with zero attached hydrogens (tertiary/aromatic N) is 3. The Bertz CT molecular complexity index is 1260. The molecule has 42 heavy (non-hydrogen) atoms. The average Bonchev–Trinajstić information content (AvgIpc) is 3.27. The molecule has 1 N–H and O–H groups in total. The summed E-state index contributed by atoms with van der Waals surface area (Å²) in [5, 5.41) is 2.37. The Kier molecular flexibility index (Phi) is 7.27.